The van der Waals surface area contributed by atoms with Crippen molar-refractivity contribution < 1.29 is 41.0 Å². The molecule has 0 bridgehead atoms. The summed E-state index contributed by atoms with van der Waals surface area (Å²) in [5, 5.41) is 15.7. The van der Waals surface area contributed by atoms with Gasteiger partial charge in [0.05, 0.1) is 12.2 Å². The molecule has 2 saturated heterocycles. The average Bonchev–Trinajstić information content (AvgIpc) is 3.12. The molecule has 0 unspecified atom stereocenters. The Hall–Kier alpha value is -4.23. The maximum absolute atomic E-state index is 14.5. The number of piperidine rings is 2. The van der Waals surface area contributed by atoms with E-state index >= 15 is 0 Å². The smallest absolute Gasteiger partial charge is 0.403 e. The second-order valence-corrected chi connectivity index (χ2v) is 16.3. The van der Waals surface area contributed by atoms with Crippen molar-refractivity contribution in [2.45, 2.75) is 77.7 Å². The molecule has 2 fully saturated rings. The van der Waals surface area contributed by atoms with Crippen LogP contribution in [0.3, 0.4) is 0 Å². The zero-order chi connectivity index (χ0) is 39.8. The van der Waals surface area contributed by atoms with Crippen LogP contribution in [0.1, 0.15) is 57.6 Å². The number of carbonyl (C=O) groups is 2. The molecular weight excluding hydrogens is 722 g/mol. The summed E-state index contributed by atoms with van der Waals surface area (Å²) in [5.74, 6) is -2.37. The van der Waals surface area contributed by atoms with E-state index in [4.69, 9.17) is 4.98 Å². The maximum Gasteiger partial charge on any atom is 0.403 e. The number of carboxylic acid groups (broad SMARTS) is 1. The number of benzene rings is 3. The fourth-order valence-corrected chi connectivity index (χ4v) is 8.43. The summed E-state index contributed by atoms with van der Waals surface area (Å²) < 4.78 is 82.1. The summed E-state index contributed by atoms with van der Waals surface area (Å²) in [5.41, 5.74) is 0.453. The number of halogens is 6. The first-order valence-electron chi connectivity index (χ1n) is 18.9. The number of likely N-dealkylation sites (tertiary alicyclic amines) is 2. The van der Waals surface area contributed by atoms with Crippen molar-refractivity contribution in [2.75, 3.05) is 39.3 Å². The monoisotopic (exact) mass is 770 g/mol. The van der Waals surface area contributed by atoms with E-state index in [-0.39, 0.29) is 6.42 Å². The zero-order valence-corrected chi connectivity index (χ0v) is 31.4. The van der Waals surface area contributed by atoms with Crippen LogP contribution in [0.4, 0.5) is 26.3 Å². The third-order valence-corrected chi connectivity index (χ3v) is 11.8. The molecule has 1 aromatic heterocycles. The Morgan fingerprint density at radius 3 is 2.04 bits per heavy atom. The number of amides is 1. The molecule has 0 aliphatic carbocycles. The summed E-state index contributed by atoms with van der Waals surface area (Å²) in [6.45, 7) is 7.40. The first-order chi connectivity index (χ1) is 25.9. The highest BCUT2D eigenvalue weighted by atomic mass is 19.4. The second-order valence-electron chi connectivity index (χ2n) is 16.3. The van der Waals surface area contributed by atoms with Crippen molar-refractivity contribution >= 4 is 33.4 Å². The molecule has 1 amide bonds. The highest BCUT2D eigenvalue weighted by Crippen LogP contribution is 2.47. The van der Waals surface area contributed by atoms with Gasteiger partial charge in [-0.1, -0.05) is 81.4 Å². The van der Waals surface area contributed by atoms with Crippen LogP contribution < -0.4 is 5.32 Å². The van der Waals surface area contributed by atoms with Gasteiger partial charge < -0.3 is 15.3 Å². The van der Waals surface area contributed by atoms with Crippen molar-refractivity contribution in [1.82, 2.24) is 20.1 Å². The number of aliphatic carboxylic acids is 1. The van der Waals surface area contributed by atoms with Crippen LogP contribution in [0, 0.1) is 16.7 Å². The first kappa shape index (κ1) is 40.4. The minimum Gasteiger partial charge on any atom is -0.480 e. The molecule has 0 saturated carbocycles. The van der Waals surface area contributed by atoms with E-state index in [0.717, 1.165) is 63.9 Å². The Morgan fingerprint density at radius 1 is 0.818 bits per heavy atom. The lowest BCUT2D eigenvalue weighted by Crippen LogP contribution is -2.59. The molecule has 55 heavy (non-hydrogen) atoms. The van der Waals surface area contributed by atoms with Gasteiger partial charge in [-0.05, 0) is 96.9 Å². The number of hydrogen-bond donors (Lipinski definition) is 2. The van der Waals surface area contributed by atoms with Gasteiger partial charge in [0, 0.05) is 30.1 Å². The molecule has 7 nitrogen and oxygen atoms in total. The Morgan fingerprint density at radius 2 is 1.42 bits per heavy atom. The number of nitrogens with zero attached hydrogens (tertiary/aromatic N) is 3. The van der Waals surface area contributed by atoms with Crippen LogP contribution in [-0.2, 0) is 22.4 Å². The van der Waals surface area contributed by atoms with E-state index in [9.17, 15) is 41.0 Å². The van der Waals surface area contributed by atoms with Crippen molar-refractivity contribution in [2.24, 2.45) is 16.7 Å². The van der Waals surface area contributed by atoms with Gasteiger partial charge in [-0.15, -0.1) is 0 Å². The predicted octanol–water partition coefficient (Wildman–Crippen LogP) is 8.67. The Balaban J connectivity index is 1.23. The van der Waals surface area contributed by atoms with Crippen LogP contribution >= 0.6 is 0 Å². The summed E-state index contributed by atoms with van der Waals surface area (Å²) in [6.07, 6.45) is -6.74. The van der Waals surface area contributed by atoms with Gasteiger partial charge in [0.1, 0.15) is 11.5 Å². The molecule has 0 radical (unpaired) electrons. The molecule has 296 valence electrons. The number of fused-ring (bicyclic) bond motifs is 2. The van der Waals surface area contributed by atoms with Crippen molar-refractivity contribution in [3.63, 3.8) is 0 Å². The molecule has 2 aliphatic heterocycles. The highest BCUT2D eigenvalue weighted by Gasteiger charge is 2.61. The largest absolute Gasteiger partial charge is 0.480 e. The molecule has 2 N–H and O–H groups in total. The van der Waals surface area contributed by atoms with Crippen molar-refractivity contribution in [3.05, 3.63) is 78.0 Å². The molecule has 6 rings (SSSR count). The number of aromatic nitrogens is 1. The van der Waals surface area contributed by atoms with Crippen molar-refractivity contribution in [1.29, 1.82) is 0 Å². The predicted molar refractivity (Wildman–Crippen MR) is 200 cm³/mol. The first-order valence-corrected chi connectivity index (χ1v) is 18.9. The van der Waals surface area contributed by atoms with Crippen LogP contribution in [0.25, 0.3) is 32.8 Å². The van der Waals surface area contributed by atoms with Gasteiger partial charge in [0.15, 0.2) is 0 Å². The summed E-state index contributed by atoms with van der Waals surface area (Å²) in [7, 11) is 0. The molecule has 3 heterocycles. The number of carbonyl (C=O) groups excluding carboxylic acids is 1. The molecule has 4 aromatic rings. The number of alkyl halides is 6. The number of hydrogen-bond acceptors (Lipinski definition) is 5. The van der Waals surface area contributed by atoms with Gasteiger partial charge >= 0.3 is 18.3 Å². The number of pyridine rings is 1. The molecule has 13 heteroatoms. The van der Waals surface area contributed by atoms with Gasteiger partial charge in [-0.3, -0.25) is 14.7 Å². The van der Waals surface area contributed by atoms with E-state index in [1.807, 2.05) is 42.6 Å². The number of carboxylic acids is 1. The standard InChI is InChI=1S/C42H48F6N4O3/c1-39(2,3)29-15-20-51(21-16-29)19-14-28-25-49-36(33-10-5-4-9-31(28)33)34-13-7-11-30-27(8-6-12-32(30)34)24-35(37(53)54)50-38(55)40(42(46,47)48)17-22-52(23-18-40)26-41(43,44)45/h4-13,25,29,35H,14-24,26H2,1-3H3,(H,50,55)(H,53,54)/t35-/m0/s1. The molecule has 2 aliphatic rings. The van der Waals surface area contributed by atoms with Crippen LogP contribution in [-0.4, -0.2) is 89.4 Å². The van der Waals surface area contributed by atoms with Gasteiger partial charge in [0.25, 0.3) is 0 Å². The average molecular weight is 771 g/mol. The fourth-order valence-electron chi connectivity index (χ4n) is 8.43. The van der Waals surface area contributed by atoms with Gasteiger partial charge in [-0.25, -0.2) is 4.79 Å². The van der Waals surface area contributed by atoms with Crippen LogP contribution in [0.2, 0.25) is 0 Å². The summed E-state index contributed by atoms with van der Waals surface area (Å²) >= 11 is 0. The molecule has 3 aromatic carbocycles. The van der Waals surface area contributed by atoms with Crippen LogP contribution in [0.5, 0.6) is 0 Å². The lowest BCUT2D eigenvalue weighted by atomic mass is 9.75. The minimum atomic E-state index is -5.10. The molecular formula is C42H48F6N4O3. The summed E-state index contributed by atoms with van der Waals surface area (Å²) in [6, 6.07) is 17.2. The normalized spacial score (nSPS) is 18.4. The SMILES string of the molecule is CC(C)(C)C1CCN(CCc2cnc(-c3cccc4c(C[C@H](NC(=O)C5(C(F)(F)F)CCN(CC(F)(F)F)CC5)C(=O)O)cccc34)c3ccccc23)CC1. The number of nitrogens with one attached hydrogen (secondary N) is 1. The van der Waals surface area contributed by atoms with Gasteiger partial charge in [-0.2, -0.15) is 26.3 Å². The summed E-state index contributed by atoms with van der Waals surface area (Å²) in [4.78, 5) is 34.1. The van der Waals surface area contributed by atoms with Gasteiger partial charge in [0.2, 0.25) is 5.91 Å². The topological polar surface area (TPSA) is 85.8 Å². The van der Waals surface area contributed by atoms with E-state index < -0.39 is 68.2 Å². The second kappa shape index (κ2) is 15.7. The highest BCUT2D eigenvalue weighted by molar-refractivity contribution is 6.05. The Bertz CT molecular complexity index is 2010. The van der Waals surface area contributed by atoms with Crippen molar-refractivity contribution in [3.8, 4) is 11.3 Å². The maximum atomic E-state index is 14.5. The number of rotatable bonds is 10. The lowest BCUT2D eigenvalue weighted by molar-refractivity contribution is -0.236. The van der Waals surface area contributed by atoms with E-state index in [2.05, 4.69) is 37.1 Å². The third-order valence-electron chi connectivity index (χ3n) is 11.8. The minimum absolute atomic E-state index is 0.309. The molecule has 0 spiro atoms. The molecule has 1 atom stereocenters. The van der Waals surface area contributed by atoms with E-state index in [0.29, 0.717) is 22.3 Å². The quantitative estimate of drug-likeness (QED) is 0.157. The Labute approximate surface area is 317 Å². The van der Waals surface area contributed by atoms with E-state index in [1.165, 1.54) is 12.8 Å². The fraction of sp³-hybridized carbons (Fsp3) is 0.500. The van der Waals surface area contributed by atoms with Crippen LogP contribution in [0.15, 0.2) is 66.9 Å². The third kappa shape index (κ3) is 8.93. The lowest BCUT2D eigenvalue weighted by Gasteiger charge is -2.42. The van der Waals surface area contributed by atoms with E-state index in [1.54, 1.807) is 18.2 Å². The Kier molecular flexibility index (Phi) is 11.6. The zero-order valence-electron chi connectivity index (χ0n) is 31.4.